The standard InChI is InChI=1S/C10H14O2/c1-10(2,12-11)9-7-5-3-4-6-8-9/h3-7,11H,8H2,1-2H3. The highest BCUT2D eigenvalue weighted by Crippen LogP contribution is 2.24. The summed E-state index contributed by atoms with van der Waals surface area (Å²) in [5.74, 6) is 0. The molecule has 0 amide bonds. The summed E-state index contributed by atoms with van der Waals surface area (Å²) in [7, 11) is 0. The second-order valence-corrected chi connectivity index (χ2v) is 3.31. The Morgan fingerprint density at radius 3 is 2.75 bits per heavy atom. The Kier molecular flexibility index (Phi) is 2.84. The van der Waals surface area contributed by atoms with E-state index < -0.39 is 5.60 Å². The Morgan fingerprint density at radius 1 is 1.33 bits per heavy atom. The van der Waals surface area contributed by atoms with Crippen LogP contribution in [0.15, 0.2) is 36.0 Å². The summed E-state index contributed by atoms with van der Waals surface area (Å²) in [6.45, 7) is 3.68. The molecule has 0 unspecified atom stereocenters. The van der Waals surface area contributed by atoms with E-state index in [9.17, 15) is 0 Å². The fourth-order valence-electron chi connectivity index (χ4n) is 1.08. The second-order valence-electron chi connectivity index (χ2n) is 3.31. The molecule has 0 radical (unpaired) electrons. The van der Waals surface area contributed by atoms with Gasteiger partial charge in [-0.1, -0.05) is 30.4 Å². The Bertz CT molecular complexity index is 234. The van der Waals surface area contributed by atoms with Crippen molar-refractivity contribution < 1.29 is 10.1 Å². The van der Waals surface area contributed by atoms with E-state index in [-0.39, 0.29) is 0 Å². The van der Waals surface area contributed by atoms with Crippen molar-refractivity contribution in [3.05, 3.63) is 36.0 Å². The molecule has 2 heteroatoms. The van der Waals surface area contributed by atoms with Gasteiger partial charge in [-0.15, -0.1) is 0 Å². The van der Waals surface area contributed by atoms with Gasteiger partial charge in [-0.05, 0) is 25.8 Å². The smallest absolute Gasteiger partial charge is 0.119 e. The van der Waals surface area contributed by atoms with Crippen LogP contribution in [0, 0.1) is 0 Å². The van der Waals surface area contributed by atoms with E-state index in [1.54, 1.807) is 0 Å². The van der Waals surface area contributed by atoms with Gasteiger partial charge in [0.2, 0.25) is 0 Å². The van der Waals surface area contributed by atoms with Crippen LogP contribution in [-0.2, 0) is 4.89 Å². The van der Waals surface area contributed by atoms with Gasteiger partial charge in [0.05, 0.1) is 0 Å². The maximum atomic E-state index is 8.65. The van der Waals surface area contributed by atoms with Gasteiger partial charge < -0.3 is 0 Å². The van der Waals surface area contributed by atoms with Gasteiger partial charge >= 0.3 is 0 Å². The van der Waals surface area contributed by atoms with Crippen molar-refractivity contribution in [2.75, 3.05) is 0 Å². The molecule has 1 aliphatic rings. The van der Waals surface area contributed by atoms with Crippen LogP contribution in [-0.4, -0.2) is 10.9 Å². The average molecular weight is 166 g/mol. The SMILES string of the molecule is CC(C)(OO)C1=CC=CC=CC1. The lowest BCUT2D eigenvalue weighted by atomic mass is 9.95. The Morgan fingerprint density at radius 2 is 2.08 bits per heavy atom. The molecule has 0 bridgehead atoms. The van der Waals surface area contributed by atoms with E-state index in [0.717, 1.165) is 12.0 Å². The molecule has 0 spiro atoms. The van der Waals surface area contributed by atoms with E-state index in [1.165, 1.54) is 0 Å². The summed E-state index contributed by atoms with van der Waals surface area (Å²) >= 11 is 0. The topological polar surface area (TPSA) is 29.5 Å². The zero-order chi connectivity index (χ0) is 9.03. The zero-order valence-electron chi connectivity index (χ0n) is 7.45. The molecule has 1 N–H and O–H groups in total. The van der Waals surface area contributed by atoms with Gasteiger partial charge in [0.15, 0.2) is 0 Å². The number of allylic oxidation sites excluding steroid dienone is 5. The molecule has 0 aromatic rings. The van der Waals surface area contributed by atoms with Crippen LogP contribution in [0.5, 0.6) is 0 Å². The van der Waals surface area contributed by atoms with Crippen molar-refractivity contribution in [2.45, 2.75) is 25.9 Å². The predicted octanol–water partition coefficient (Wildman–Crippen LogP) is 2.70. The Balaban J connectivity index is 2.81. The van der Waals surface area contributed by atoms with Crippen molar-refractivity contribution in [2.24, 2.45) is 0 Å². The summed E-state index contributed by atoms with van der Waals surface area (Å²) in [6, 6.07) is 0. The van der Waals surface area contributed by atoms with E-state index >= 15 is 0 Å². The molecule has 0 saturated carbocycles. The first-order chi connectivity index (χ1) is 5.67. The number of hydrogen-bond donors (Lipinski definition) is 1. The minimum Gasteiger partial charge on any atom is -0.251 e. The van der Waals surface area contributed by atoms with E-state index in [2.05, 4.69) is 4.89 Å². The van der Waals surface area contributed by atoms with Crippen LogP contribution < -0.4 is 0 Å². The third kappa shape index (κ3) is 2.06. The van der Waals surface area contributed by atoms with Gasteiger partial charge in [-0.25, -0.2) is 4.89 Å². The summed E-state index contributed by atoms with van der Waals surface area (Å²) < 4.78 is 0. The van der Waals surface area contributed by atoms with Gasteiger partial charge in [-0.2, -0.15) is 0 Å². The molecule has 0 fully saturated rings. The molecule has 0 aromatic heterocycles. The third-order valence-electron chi connectivity index (χ3n) is 2.00. The molecule has 66 valence electrons. The van der Waals surface area contributed by atoms with Crippen molar-refractivity contribution in [1.82, 2.24) is 0 Å². The third-order valence-corrected chi connectivity index (χ3v) is 2.00. The molecule has 0 aliphatic heterocycles. The molecule has 1 aliphatic carbocycles. The van der Waals surface area contributed by atoms with Crippen LogP contribution in [0.4, 0.5) is 0 Å². The second kappa shape index (κ2) is 3.70. The van der Waals surface area contributed by atoms with Crippen molar-refractivity contribution in [1.29, 1.82) is 0 Å². The monoisotopic (exact) mass is 166 g/mol. The highest BCUT2D eigenvalue weighted by Gasteiger charge is 2.23. The van der Waals surface area contributed by atoms with E-state index in [0.29, 0.717) is 0 Å². The molecule has 0 saturated heterocycles. The first kappa shape index (κ1) is 9.23. The van der Waals surface area contributed by atoms with Crippen molar-refractivity contribution in [3.63, 3.8) is 0 Å². The maximum Gasteiger partial charge on any atom is 0.119 e. The molecule has 0 aromatic carbocycles. The van der Waals surface area contributed by atoms with Crippen LogP contribution >= 0.6 is 0 Å². The van der Waals surface area contributed by atoms with Crippen molar-refractivity contribution in [3.8, 4) is 0 Å². The molecule has 1 rings (SSSR count). The number of rotatable bonds is 2. The van der Waals surface area contributed by atoms with Crippen LogP contribution in [0.3, 0.4) is 0 Å². The summed E-state index contributed by atoms with van der Waals surface area (Å²) in [5, 5.41) is 8.65. The predicted molar refractivity (Wildman–Crippen MR) is 48.8 cm³/mol. The lowest BCUT2D eigenvalue weighted by Crippen LogP contribution is -2.25. The minimum absolute atomic E-state index is 0.584. The molecular formula is C10H14O2. The normalized spacial score (nSPS) is 17.4. The quantitative estimate of drug-likeness (QED) is 0.505. The van der Waals surface area contributed by atoms with Crippen molar-refractivity contribution >= 4 is 0 Å². The molecule has 12 heavy (non-hydrogen) atoms. The first-order valence-electron chi connectivity index (χ1n) is 4.02. The Hall–Kier alpha value is -0.860. The van der Waals surface area contributed by atoms with E-state index in [4.69, 9.17) is 5.26 Å². The number of hydrogen-bond acceptors (Lipinski definition) is 2. The highest BCUT2D eigenvalue weighted by molar-refractivity contribution is 5.28. The lowest BCUT2D eigenvalue weighted by molar-refractivity contribution is -0.300. The fourth-order valence-corrected chi connectivity index (χ4v) is 1.08. The van der Waals surface area contributed by atoms with Gasteiger partial charge in [0, 0.05) is 0 Å². The van der Waals surface area contributed by atoms with Crippen LogP contribution in [0.2, 0.25) is 0 Å². The van der Waals surface area contributed by atoms with Gasteiger partial charge in [0.25, 0.3) is 0 Å². The van der Waals surface area contributed by atoms with E-state index in [1.807, 2.05) is 44.2 Å². The fraction of sp³-hybridized carbons (Fsp3) is 0.400. The highest BCUT2D eigenvalue weighted by atomic mass is 17.1. The summed E-state index contributed by atoms with van der Waals surface area (Å²) in [4.78, 5) is 4.40. The molecule has 2 nitrogen and oxygen atoms in total. The van der Waals surface area contributed by atoms with Crippen LogP contribution in [0.1, 0.15) is 20.3 Å². The minimum atomic E-state index is -0.584. The summed E-state index contributed by atoms with van der Waals surface area (Å²) in [6.07, 6.45) is 10.7. The molecular weight excluding hydrogens is 152 g/mol. The molecule has 0 heterocycles. The maximum absolute atomic E-state index is 8.65. The van der Waals surface area contributed by atoms with Gasteiger partial charge in [-0.3, -0.25) is 5.26 Å². The lowest BCUT2D eigenvalue weighted by Gasteiger charge is -2.22. The summed E-state index contributed by atoms with van der Waals surface area (Å²) in [5.41, 5.74) is 0.481. The Labute approximate surface area is 72.8 Å². The molecule has 0 atom stereocenters. The van der Waals surface area contributed by atoms with Crippen LogP contribution in [0.25, 0.3) is 0 Å². The van der Waals surface area contributed by atoms with Gasteiger partial charge in [0.1, 0.15) is 5.60 Å². The first-order valence-corrected chi connectivity index (χ1v) is 4.02. The average Bonchev–Trinajstić information content (AvgIpc) is 2.32. The zero-order valence-corrected chi connectivity index (χ0v) is 7.45. The largest absolute Gasteiger partial charge is 0.251 e.